The summed E-state index contributed by atoms with van der Waals surface area (Å²) in [4.78, 5) is 23.2. The van der Waals surface area contributed by atoms with Crippen LogP contribution in [0.2, 0.25) is 0 Å². The van der Waals surface area contributed by atoms with E-state index in [2.05, 4.69) is 10.6 Å². The van der Waals surface area contributed by atoms with Gasteiger partial charge in [0, 0.05) is 6.54 Å². The predicted octanol–water partition coefficient (Wildman–Crippen LogP) is 2.42. The van der Waals surface area contributed by atoms with E-state index in [4.69, 9.17) is 5.73 Å². The summed E-state index contributed by atoms with van der Waals surface area (Å²) in [5, 5.41) is 5.38. The van der Waals surface area contributed by atoms with Crippen LogP contribution in [0.5, 0.6) is 0 Å². The molecule has 0 spiro atoms. The van der Waals surface area contributed by atoms with Gasteiger partial charge in [-0.2, -0.15) is 0 Å². The largest absolute Gasteiger partial charge is 0.366 e. The second kappa shape index (κ2) is 6.56. The minimum absolute atomic E-state index is 0.281. The van der Waals surface area contributed by atoms with Crippen LogP contribution in [0.1, 0.15) is 21.5 Å². The summed E-state index contributed by atoms with van der Waals surface area (Å²) in [6.07, 6.45) is 0. The Morgan fingerprint density at radius 3 is 2.43 bits per heavy atom. The third-order valence-electron chi connectivity index (χ3n) is 3.14. The molecule has 0 bridgehead atoms. The molecule has 5 nitrogen and oxygen atoms in total. The van der Waals surface area contributed by atoms with Gasteiger partial charge in [-0.1, -0.05) is 36.4 Å². The van der Waals surface area contributed by atoms with Crippen LogP contribution in [0.25, 0.3) is 0 Å². The Morgan fingerprint density at radius 2 is 1.71 bits per heavy atom. The van der Waals surface area contributed by atoms with Crippen LogP contribution in [0.4, 0.5) is 10.5 Å². The van der Waals surface area contributed by atoms with Crippen LogP contribution in [0.3, 0.4) is 0 Å². The molecule has 0 unspecified atom stereocenters. The van der Waals surface area contributed by atoms with Crippen LogP contribution >= 0.6 is 0 Å². The number of rotatable bonds is 4. The number of amides is 3. The summed E-state index contributed by atoms with van der Waals surface area (Å²) in [6.45, 7) is 2.40. The second-order valence-electron chi connectivity index (χ2n) is 4.64. The molecule has 5 heteroatoms. The van der Waals surface area contributed by atoms with Gasteiger partial charge < -0.3 is 16.4 Å². The van der Waals surface area contributed by atoms with Gasteiger partial charge in [0.2, 0.25) is 0 Å². The maximum atomic E-state index is 11.9. The molecule has 0 atom stereocenters. The third kappa shape index (κ3) is 3.82. The number of primary amides is 1. The molecule has 0 aliphatic heterocycles. The lowest BCUT2D eigenvalue weighted by Gasteiger charge is -2.11. The van der Waals surface area contributed by atoms with Crippen molar-refractivity contribution in [3.05, 3.63) is 65.2 Å². The predicted molar refractivity (Wildman–Crippen MR) is 82.0 cm³/mol. The molecule has 0 heterocycles. The number of nitrogens with one attached hydrogen (secondary N) is 2. The van der Waals surface area contributed by atoms with Gasteiger partial charge in [0.1, 0.15) is 0 Å². The number of anilines is 1. The van der Waals surface area contributed by atoms with Crippen molar-refractivity contribution in [1.29, 1.82) is 0 Å². The standard InChI is InChI=1S/C16H17N3O2/c1-11-6-2-3-7-12(11)10-18-16(21)19-14-9-5-4-8-13(14)15(17)20/h2-9H,10H2,1H3,(H2,17,20)(H2,18,19,21). The molecule has 0 aromatic heterocycles. The molecule has 2 rings (SSSR count). The first-order valence-electron chi connectivity index (χ1n) is 6.56. The first-order chi connectivity index (χ1) is 10.1. The molecule has 2 aromatic rings. The van der Waals surface area contributed by atoms with Crippen molar-refractivity contribution in [2.75, 3.05) is 5.32 Å². The molecule has 108 valence electrons. The van der Waals surface area contributed by atoms with Crippen LogP contribution in [0, 0.1) is 6.92 Å². The Balaban J connectivity index is 2.00. The fourth-order valence-corrected chi connectivity index (χ4v) is 1.96. The number of carbonyl (C=O) groups is 2. The highest BCUT2D eigenvalue weighted by Gasteiger charge is 2.10. The third-order valence-corrected chi connectivity index (χ3v) is 3.14. The summed E-state index contributed by atoms with van der Waals surface area (Å²) in [6, 6.07) is 14.0. The van der Waals surface area contributed by atoms with Crippen molar-refractivity contribution < 1.29 is 9.59 Å². The van der Waals surface area contributed by atoms with Crippen molar-refractivity contribution in [3.63, 3.8) is 0 Å². The zero-order chi connectivity index (χ0) is 15.2. The molecule has 0 aliphatic rings. The maximum Gasteiger partial charge on any atom is 0.319 e. The smallest absolute Gasteiger partial charge is 0.319 e. The number of nitrogens with two attached hydrogens (primary N) is 1. The van der Waals surface area contributed by atoms with E-state index in [9.17, 15) is 9.59 Å². The fraction of sp³-hybridized carbons (Fsp3) is 0.125. The topological polar surface area (TPSA) is 84.2 Å². The molecule has 21 heavy (non-hydrogen) atoms. The number of para-hydroxylation sites is 1. The number of hydrogen-bond donors (Lipinski definition) is 3. The van der Waals surface area contributed by atoms with E-state index in [1.165, 1.54) is 0 Å². The lowest BCUT2D eigenvalue weighted by molar-refractivity contribution is 0.100. The highest BCUT2D eigenvalue weighted by atomic mass is 16.2. The Kier molecular flexibility index (Phi) is 4.56. The van der Waals surface area contributed by atoms with E-state index in [1.54, 1.807) is 24.3 Å². The monoisotopic (exact) mass is 283 g/mol. The van der Waals surface area contributed by atoms with Crippen LogP contribution < -0.4 is 16.4 Å². The zero-order valence-electron chi connectivity index (χ0n) is 11.7. The molecule has 4 N–H and O–H groups in total. The fourth-order valence-electron chi connectivity index (χ4n) is 1.96. The quantitative estimate of drug-likeness (QED) is 0.805. The number of urea groups is 1. The normalized spacial score (nSPS) is 9.95. The summed E-state index contributed by atoms with van der Waals surface area (Å²) < 4.78 is 0. The summed E-state index contributed by atoms with van der Waals surface area (Å²) in [5.74, 6) is -0.579. The number of aryl methyl sites for hydroxylation is 1. The average Bonchev–Trinajstić information content (AvgIpc) is 2.47. The molecule has 0 fully saturated rings. The molecular formula is C16H17N3O2. The van der Waals surface area contributed by atoms with Gasteiger partial charge in [0.15, 0.2) is 0 Å². The van der Waals surface area contributed by atoms with Gasteiger partial charge in [-0.05, 0) is 30.2 Å². The highest BCUT2D eigenvalue weighted by molar-refractivity contribution is 6.02. The highest BCUT2D eigenvalue weighted by Crippen LogP contribution is 2.14. The lowest BCUT2D eigenvalue weighted by Crippen LogP contribution is -2.29. The molecule has 0 saturated heterocycles. The Labute approximate surface area is 123 Å². The van der Waals surface area contributed by atoms with E-state index in [1.807, 2.05) is 31.2 Å². The first-order valence-corrected chi connectivity index (χ1v) is 6.56. The Hall–Kier alpha value is -2.82. The molecule has 2 aromatic carbocycles. The minimum Gasteiger partial charge on any atom is -0.366 e. The second-order valence-corrected chi connectivity index (χ2v) is 4.64. The molecule has 3 amide bonds. The van der Waals surface area contributed by atoms with Crippen molar-refractivity contribution in [1.82, 2.24) is 5.32 Å². The van der Waals surface area contributed by atoms with E-state index in [-0.39, 0.29) is 11.6 Å². The maximum absolute atomic E-state index is 11.9. The van der Waals surface area contributed by atoms with Crippen LogP contribution in [0.15, 0.2) is 48.5 Å². The van der Waals surface area contributed by atoms with Crippen molar-refractivity contribution in [2.45, 2.75) is 13.5 Å². The Morgan fingerprint density at radius 1 is 1.05 bits per heavy atom. The van der Waals surface area contributed by atoms with Gasteiger partial charge in [-0.15, -0.1) is 0 Å². The van der Waals surface area contributed by atoms with E-state index >= 15 is 0 Å². The van der Waals surface area contributed by atoms with Crippen molar-refractivity contribution >= 4 is 17.6 Å². The average molecular weight is 283 g/mol. The van der Waals surface area contributed by atoms with Gasteiger partial charge in [0.05, 0.1) is 11.3 Å². The first kappa shape index (κ1) is 14.6. The van der Waals surface area contributed by atoms with Crippen LogP contribution in [-0.2, 0) is 6.54 Å². The van der Waals surface area contributed by atoms with E-state index < -0.39 is 5.91 Å². The number of benzene rings is 2. The Bertz CT molecular complexity index is 668. The van der Waals surface area contributed by atoms with Crippen LogP contribution in [-0.4, -0.2) is 11.9 Å². The summed E-state index contributed by atoms with van der Waals surface area (Å²) in [5.41, 5.74) is 8.09. The molecule has 0 saturated carbocycles. The van der Waals surface area contributed by atoms with Crippen molar-refractivity contribution in [2.24, 2.45) is 5.73 Å². The van der Waals surface area contributed by atoms with Gasteiger partial charge >= 0.3 is 6.03 Å². The lowest BCUT2D eigenvalue weighted by atomic mass is 10.1. The van der Waals surface area contributed by atoms with E-state index in [0.717, 1.165) is 11.1 Å². The van der Waals surface area contributed by atoms with Gasteiger partial charge in [0.25, 0.3) is 5.91 Å². The summed E-state index contributed by atoms with van der Waals surface area (Å²) >= 11 is 0. The zero-order valence-corrected chi connectivity index (χ0v) is 11.7. The molecular weight excluding hydrogens is 266 g/mol. The van der Waals surface area contributed by atoms with Gasteiger partial charge in [-0.3, -0.25) is 4.79 Å². The van der Waals surface area contributed by atoms with Gasteiger partial charge in [-0.25, -0.2) is 4.79 Å². The minimum atomic E-state index is -0.579. The SMILES string of the molecule is Cc1ccccc1CNC(=O)Nc1ccccc1C(N)=O. The van der Waals surface area contributed by atoms with Crippen molar-refractivity contribution in [3.8, 4) is 0 Å². The number of carbonyl (C=O) groups excluding carboxylic acids is 2. The number of hydrogen-bond acceptors (Lipinski definition) is 2. The molecule has 0 aliphatic carbocycles. The van der Waals surface area contributed by atoms with E-state index in [0.29, 0.717) is 12.2 Å². The molecule has 0 radical (unpaired) electrons. The summed E-state index contributed by atoms with van der Waals surface area (Å²) in [7, 11) is 0.